The summed E-state index contributed by atoms with van der Waals surface area (Å²) >= 11 is 0. The first-order valence-corrected chi connectivity index (χ1v) is 13.1. The molecule has 0 bridgehead atoms. The number of aryl methyl sites for hydroxylation is 1. The number of benzene rings is 2. The van der Waals surface area contributed by atoms with Crippen LogP contribution in [0.25, 0.3) is 22.7 Å². The third-order valence-corrected chi connectivity index (χ3v) is 7.56. The molecule has 1 amide bonds. The van der Waals surface area contributed by atoms with Crippen molar-refractivity contribution in [1.29, 1.82) is 0 Å². The summed E-state index contributed by atoms with van der Waals surface area (Å²) in [4.78, 5) is 18.5. The van der Waals surface area contributed by atoms with Gasteiger partial charge < -0.3 is 18.5 Å². The molecule has 0 aliphatic carbocycles. The molecule has 0 N–H and O–H groups in total. The number of fused-ring (bicyclic) bond motifs is 3. The maximum atomic E-state index is 14.1. The van der Waals surface area contributed by atoms with Crippen LogP contribution < -0.4 is 14.4 Å². The third-order valence-electron chi connectivity index (χ3n) is 7.56. The predicted octanol–water partition coefficient (Wildman–Crippen LogP) is 5.96. The van der Waals surface area contributed by atoms with Crippen molar-refractivity contribution in [2.45, 2.75) is 44.1 Å². The van der Waals surface area contributed by atoms with E-state index in [1.807, 2.05) is 0 Å². The van der Waals surface area contributed by atoms with Gasteiger partial charge in [0.25, 0.3) is 0 Å². The zero-order chi connectivity index (χ0) is 30.7. The second-order valence-corrected chi connectivity index (χ2v) is 10.3. The highest BCUT2D eigenvalue weighted by molar-refractivity contribution is 6.03. The van der Waals surface area contributed by atoms with Crippen LogP contribution in [0.1, 0.15) is 30.1 Å². The van der Waals surface area contributed by atoms with E-state index in [0.717, 1.165) is 12.1 Å². The van der Waals surface area contributed by atoms with Crippen molar-refractivity contribution in [2.75, 3.05) is 25.2 Å². The molecule has 0 radical (unpaired) electrons. The van der Waals surface area contributed by atoms with Crippen LogP contribution in [0.2, 0.25) is 0 Å². The van der Waals surface area contributed by atoms with E-state index in [1.165, 1.54) is 7.11 Å². The Kier molecular flexibility index (Phi) is 6.65. The van der Waals surface area contributed by atoms with E-state index in [2.05, 4.69) is 15.2 Å². The summed E-state index contributed by atoms with van der Waals surface area (Å²) in [6.45, 7) is -0.477. The molecule has 0 saturated carbocycles. The topological polar surface area (TPSA) is 95.5 Å². The number of halogens is 6. The van der Waals surface area contributed by atoms with Crippen LogP contribution in [-0.2, 0) is 22.9 Å². The van der Waals surface area contributed by atoms with Crippen LogP contribution in [0.3, 0.4) is 0 Å². The highest BCUT2D eigenvalue weighted by Crippen LogP contribution is 2.48. The van der Waals surface area contributed by atoms with Crippen molar-refractivity contribution in [3.05, 3.63) is 59.9 Å². The molecule has 0 fully saturated rings. The maximum Gasteiger partial charge on any atom is 0.420 e. The first kappa shape index (κ1) is 28.6. The predicted molar refractivity (Wildman–Crippen MR) is 139 cm³/mol. The number of nitrogens with zero attached hydrogens (tertiary/aromatic N) is 5. The molecule has 1 atom stereocenters. The van der Waals surface area contributed by atoms with Gasteiger partial charge in [0, 0.05) is 19.0 Å². The lowest BCUT2D eigenvalue weighted by molar-refractivity contribution is -0.139. The van der Waals surface area contributed by atoms with Crippen LogP contribution >= 0.6 is 0 Å². The fourth-order valence-corrected chi connectivity index (χ4v) is 5.67. The van der Waals surface area contributed by atoms with Gasteiger partial charge >= 0.3 is 12.4 Å². The smallest absolute Gasteiger partial charge is 0.420 e. The van der Waals surface area contributed by atoms with Crippen LogP contribution in [0, 0.1) is 6.92 Å². The first-order chi connectivity index (χ1) is 20.3. The minimum absolute atomic E-state index is 0.00110. The first-order valence-electron chi connectivity index (χ1n) is 13.1. The summed E-state index contributed by atoms with van der Waals surface area (Å²) in [7, 11) is 1.46. The maximum absolute atomic E-state index is 14.1. The fourth-order valence-electron chi connectivity index (χ4n) is 5.67. The van der Waals surface area contributed by atoms with Gasteiger partial charge in [0.2, 0.25) is 5.91 Å². The van der Waals surface area contributed by atoms with Gasteiger partial charge in [0.1, 0.15) is 24.3 Å². The molecule has 9 nitrogen and oxygen atoms in total. The Morgan fingerprint density at radius 3 is 2.56 bits per heavy atom. The molecule has 2 aliphatic heterocycles. The number of methoxy groups -OCH3 is 1. The van der Waals surface area contributed by atoms with Crippen molar-refractivity contribution in [3.63, 3.8) is 0 Å². The Hall–Kier alpha value is -4.56. The molecule has 1 spiro atoms. The van der Waals surface area contributed by atoms with Crippen LogP contribution in [0.4, 0.5) is 32.0 Å². The molecule has 2 aromatic heterocycles. The molecule has 15 heteroatoms. The highest BCUT2D eigenvalue weighted by Gasteiger charge is 2.54. The van der Waals surface area contributed by atoms with Crippen LogP contribution in [0.15, 0.2) is 47.0 Å². The number of oxazole rings is 1. The number of carbonyl (C=O) groups excluding carboxylic acids is 1. The van der Waals surface area contributed by atoms with Gasteiger partial charge in [-0.3, -0.25) is 9.69 Å². The van der Waals surface area contributed by atoms with E-state index in [4.69, 9.17) is 13.9 Å². The van der Waals surface area contributed by atoms with Crippen molar-refractivity contribution < 1.29 is 45.0 Å². The Morgan fingerprint density at radius 2 is 1.88 bits per heavy atom. The number of amides is 1. The third kappa shape index (κ3) is 4.85. The van der Waals surface area contributed by atoms with Gasteiger partial charge in [0.15, 0.2) is 29.0 Å². The van der Waals surface area contributed by atoms with E-state index in [9.17, 15) is 31.1 Å². The summed E-state index contributed by atoms with van der Waals surface area (Å²) in [5.41, 5.74) is -2.61. The minimum atomic E-state index is -4.94. The minimum Gasteiger partial charge on any atom is -0.496 e. The summed E-state index contributed by atoms with van der Waals surface area (Å²) in [5.74, 6) is -0.288. The SMILES string of the molecule is COc1cc(-c2nnc3n2CCCC32COc3c(cccc3C(F)(F)F)N(CC(F)(F)F)C2=O)ccc1-c1cnc(C)o1. The number of carbonyl (C=O) groups is 1. The number of para-hydroxylation sites is 1. The van der Waals surface area contributed by atoms with Gasteiger partial charge in [-0.25, -0.2) is 4.98 Å². The lowest BCUT2D eigenvalue weighted by Gasteiger charge is -2.36. The highest BCUT2D eigenvalue weighted by atomic mass is 19.4. The molecule has 1 unspecified atom stereocenters. The molecule has 0 saturated heterocycles. The van der Waals surface area contributed by atoms with Gasteiger partial charge in [-0.05, 0) is 37.1 Å². The van der Waals surface area contributed by atoms with Crippen molar-refractivity contribution >= 4 is 11.6 Å². The molecule has 4 heterocycles. The largest absolute Gasteiger partial charge is 0.496 e. The summed E-state index contributed by atoms with van der Waals surface area (Å²) in [6, 6.07) is 7.74. The van der Waals surface area contributed by atoms with Crippen molar-refractivity contribution in [3.8, 4) is 34.2 Å². The number of hydrogen-bond donors (Lipinski definition) is 0. The fraction of sp³-hybridized carbons (Fsp3) is 0.357. The number of aromatic nitrogens is 4. The van der Waals surface area contributed by atoms with E-state index in [0.29, 0.717) is 58.3 Å². The number of hydrogen-bond acceptors (Lipinski definition) is 7. The van der Waals surface area contributed by atoms with Gasteiger partial charge in [-0.15, -0.1) is 10.2 Å². The molecule has 2 aliphatic rings. The van der Waals surface area contributed by atoms with Gasteiger partial charge in [0.05, 0.1) is 30.1 Å². The summed E-state index contributed by atoms with van der Waals surface area (Å²) < 4.78 is 101. The van der Waals surface area contributed by atoms with Crippen LogP contribution in [-0.4, -0.2) is 52.1 Å². The van der Waals surface area contributed by atoms with Gasteiger partial charge in [-0.1, -0.05) is 12.1 Å². The Balaban J connectivity index is 1.46. The Morgan fingerprint density at radius 1 is 1.09 bits per heavy atom. The summed E-state index contributed by atoms with van der Waals surface area (Å²) in [5, 5.41) is 8.48. The molecule has 226 valence electrons. The van der Waals surface area contributed by atoms with Crippen LogP contribution in [0.5, 0.6) is 11.5 Å². The van der Waals surface area contributed by atoms with E-state index >= 15 is 0 Å². The Labute approximate surface area is 240 Å². The quantitative estimate of drug-likeness (QED) is 0.265. The molecular formula is C28H23F6N5O4. The average molecular weight is 608 g/mol. The van der Waals surface area contributed by atoms with E-state index < -0.39 is 53.8 Å². The molecule has 6 rings (SSSR count). The number of anilines is 1. The molecule has 2 aromatic carbocycles. The summed E-state index contributed by atoms with van der Waals surface area (Å²) in [6.07, 6.45) is -8.03. The average Bonchev–Trinajstić information content (AvgIpc) is 3.57. The molecular weight excluding hydrogens is 584 g/mol. The second-order valence-electron chi connectivity index (χ2n) is 10.3. The lowest BCUT2D eigenvalue weighted by Crippen LogP contribution is -2.54. The second kappa shape index (κ2) is 10.0. The van der Waals surface area contributed by atoms with Gasteiger partial charge in [-0.2, -0.15) is 26.3 Å². The molecule has 4 aromatic rings. The van der Waals surface area contributed by atoms with E-state index in [1.54, 1.807) is 35.9 Å². The van der Waals surface area contributed by atoms with E-state index in [-0.39, 0.29) is 12.2 Å². The molecule has 43 heavy (non-hydrogen) atoms. The monoisotopic (exact) mass is 607 g/mol. The number of alkyl halides is 6. The zero-order valence-electron chi connectivity index (χ0n) is 22.7. The normalized spacial score (nSPS) is 18.7. The lowest BCUT2D eigenvalue weighted by atomic mass is 9.79. The Bertz CT molecular complexity index is 1710. The zero-order valence-corrected chi connectivity index (χ0v) is 22.7. The van der Waals surface area contributed by atoms with Crippen molar-refractivity contribution in [1.82, 2.24) is 19.7 Å². The number of ether oxygens (including phenoxy) is 2. The number of rotatable bonds is 4. The van der Waals surface area contributed by atoms with Crippen molar-refractivity contribution in [2.24, 2.45) is 0 Å². The standard InChI is InChI=1S/C28H23F6N5O4/c1-15-35-12-21(43-15)17-8-7-16(11-20(17)41-2)23-36-37-24-26(9-4-10-38(23)24)14-42-22-18(28(32,33)34)5-3-6-19(22)39(25(26)40)13-27(29,30)31/h3,5-8,11-12H,4,9-10,13-14H2,1-2H3.